The molecule has 0 aromatic carbocycles. The summed E-state index contributed by atoms with van der Waals surface area (Å²) in [6.45, 7) is 4.12. The van der Waals surface area contributed by atoms with Crippen LogP contribution in [-0.4, -0.2) is 60.6 Å². The summed E-state index contributed by atoms with van der Waals surface area (Å²) in [7, 11) is 4.41. The van der Waals surface area contributed by atoms with Crippen molar-refractivity contribution in [1.82, 2.24) is 14.8 Å². The van der Waals surface area contributed by atoms with Gasteiger partial charge in [0.05, 0.1) is 0 Å². The minimum atomic E-state index is 0.194. The number of rotatable bonds is 5. The Labute approximate surface area is 116 Å². The molecule has 0 unspecified atom stereocenters. The number of nitrogens with two attached hydrogens (primary N) is 1. The molecule has 0 aliphatic carbocycles. The zero-order valence-corrected chi connectivity index (χ0v) is 12.2. The first kappa shape index (κ1) is 14.4. The topological polar surface area (TPSA) is 45.4 Å². The van der Waals surface area contributed by atoms with E-state index in [2.05, 4.69) is 41.0 Å². The molecule has 1 aromatic heterocycles. The molecule has 106 valence electrons. The highest BCUT2D eigenvalue weighted by atomic mass is 15.2. The van der Waals surface area contributed by atoms with Crippen molar-refractivity contribution in [2.75, 3.05) is 40.3 Å². The van der Waals surface area contributed by atoms with Crippen LogP contribution < -0.4 is 5.73 Å². The molecule has 2 N–H and O–H groups in total. The van der Waals surface area contributed by atoms with E-state index in [1.807, 2.05) is 12.4 Å². The summed E-state index contributed by atoms with van der Waals surface area (Å²) in [5, 5.41) is 0. The van der Waals surface area contributed by atoms with Gasteiger partial charge in [0.1, 0.15) is 0 Å². The van der Waals surface area contributed by atoms with Crippen LogP contribution in [0.25, 0.3) is 0 Å². The largest absolute Gasteiger partial charge is 0.329 e. The molecule has 0 radical (unpaired) electrons. The van der Waals surface area contributed by atoms with E-state index >= 15 is 0 Å². The van der Waals surface area contributed by atoms with Crippen molar-refractivity contribution in [3.63, 3.8) is 0 Å². The standard InChI is InChI=1S/C15H26N4/c1-18-11-6-15(13-16,7-12-18)19(2)10-5-14-3-8-17-9-4-14/h3-4,8-9H,5-7,10-13,16H2,1-2H3. The molecule has 0 amide bonds. The highest BCUT2D eigenvalue weighted by molar-refractivity contribution is 5.10. The first-order valence-electron chi connectivity index (χ1n) is 7.15. The van der Waals surface area contributed by atoms with Gasteiger partial charge >= 0.3 is 0 Å². The van der Waals surface area contributed by atoms with Crippen LogP contribution in [-0.2, 0) is 6.42 Å². The third-order valence-electron chi connectivity index (χ3n) is 4.59. The Morgan fingerprint density at radius 2 is 1.95 bits per heavy atom. The molecule has 1 fully saturated rings. The van der Waals surface area contributed by atoms with Gasteiger partial charge in [0.2, 0.25) is 0 Å². The Kier molecular flexibility index (Phi) is 4.91. The third kappa shape index (κ3) is 3.53. The van der Waals surface area contributed by atoms with Crippen molar-refractivity contribution >= 4 is 0 Å². The molecule has 2 heterocycles. The van der Waals surface area contributed by atoms with E-state index in [9.17, 15) is 0 Å². The van der Waals surface area contributed by atoms with Crippen LogP contribution in [0.5, 0.6) is 0 Å². The Morgan fingerprint density at radius 1 is 1.32 bits per heavy atom. The lowest BCUT2D eigenvalue weighted by molar-refractivity contribution is 0.0549. The number of hydrogen-bond donors (Lipinski definition) is 1. The van der Waals surface area contributed by atoms with Gasteiger partial charge in [-0.1, -0.05) is 0 Å². The van der Waals surface area contributed by atoms with Gasteiger partial charge in [-0.05, 0) is 64.1 Å². The van der Waals surface area contributed by atoms with Crippen LogP contribution in [0.4, 0.5) is 0 Å². The highest BCUT2D eigenvalue weighted by Gasteiger charge is 2.35. The lowest BCUT2D eigenvalue weighted by Gasteiger charge is -2.46. The second-order valence-electron chi connectivity index (χ2n) is 5.76. The fourth-order valence-electron chi connectivity index (χ4n) is 2.86. The van der Waals surface area contributed by atoms with Crippen LogP contribution in [0, 0.1) is 0 Å². The van der Waals surface area contributed by atoms with Crippen LogP contribution in [0.15, 0.2) is 24.5 Å². The average molecular weight is 262 g/mol. The lowest BCUT2D eigenvalue weighted by Crippen LogP contribution is -2.58. The highest BCUT2D eigenvalue weighted by Crippen LogP contribution is 2.26. The minimum absolute atomic E-state index is 0.194. The predicted octanol–water partition coefficient (Wildman–Crippen LogP) is 0.979. The molecule has 4 heteroatoms. The van der Waals surface area contributed by atoms with Crippen LogP contribution >= 0.6 is 0 Å². The summed E-state index contributed by atoms with van der Waals surface area (Å²) in [5.41, 5.74) is 7.63. The number of aromatic nitrogens is 1. The van der Waals surface area contributed by atoms with Gasteiger partial charge in [0.25, 0.3) is 0 Å². The van der Waals surface area contributed by atoms with Gasteiger partial charge in [-0.25, -0.2) is 0 Å². The van der Waals surface area contributed by atoms with Crippen LogP contribution in [0.1, 0.15) is 18.4 Å². The van der Waals surface area contributed by atoms with Crippen molar-refractivity contribution in [3.8, 4) is 0 Å². The van der Waals surface area contributed by atoms with Gasteiger partial charge in [-0.15, -0.1) is 0 Å². The molecule has 0 atom stereocenters. The predicted molar refractivity (Wildman–Crippen MR) is 79.1 cm³/mol. The van der Waals surface area contributed by atoms with Crippen LogP contribution in [0.2, 0.25) is 0 Å². The quantitative estimate of drug-likeness (QED) is 0.859. The number of piperidine rings is 1. The Morgan fingerprint density at radius 3 is 2.53 bits per heavy atom. The first-order chi connectivity index (χ1) is 9.16. The normalized spacial score (nSPS) is 19.8. The molecular weight excluding hydrogens is 236 g/mol. The second kappa shape index (κ2) is 6.46. The number of hydrogen-bond acceptors (Lipinski definition) is 4. The minimum Gasteiger partial charge on any atom is -0.329 e. The Bertz CT molecular complexity index is 371. The summed E-state index contributed by atoms with van der Waals surface area (Å²) in [5.74, 6) is 0. The maximum Gasteiger partial charge on any atom is 0.0353 e. The molecule has 1 saturated heterocycles. The smallest absolute Gasteiger partial charge is 0.0353 e. The summed E-state index contributed by atoms with van der Waals surface area (Å²) in [4.78, 5) is 8.93. The van der Waals surface area contributed by atoms with Crippen molar-refractivity contribution in [1.29, 1.82) is 0 Å². The Hall–Kier alpha value is -0.970. The molecule has 2 rings (SSSR count). The van der Waals surface area contributed by atoms with E-state index in [-0.39, 0.29) is 5.54 Å². The average Bonchev–Trinajstić information content (AvgIpc) is 2.47. The van der Waals surface area contributed by atoms with Gasteiger partial charge in [0, 0.05) is 31.0 Å². The maximum atomic E-state index is 6.08. The van der Waals surface area contributed by atoms with E-state index < -0.39 is 0 Å². The molecular formula is C15H26N4. The molecule has 1 aromatic rings. The lowest BCUT2D eigenvalue weighted by atomic mass is 9.86. The number of pyridine rings is 1. The van der Waals surface area contributed by atoms with Gasteiger partial charge in [0.15, 0.2) is 0 Å². The van der Waals surface area contributed by atoms with E-state index in [1.165, 1.54) is 18.4 Å². The first-order valence-corrected chi connectivity index (χ1v) is 7.15. The van der Waals surface area contributed by atoms with Crippen molar-refractivity contribution in [3.05, 3.63) is 30.1 Å². The Balaban J connectivity index is 1.92. The summed E-state index contributed by atoms with van der Waals surface area (Å²) < 4.78 is 0. The van der Waals surface area contributed by atoms with Crippen LogP contribution in [0.3, 0.4) is 0 Å². The molecule has 1 aliphatic rings. The monoisotopic (exact) mass is 262 g/mol. The van der Waals surface area contributed by atoms with E-state index in [0.717, 1.165) is 32.6 Å². The summed E-state index contributed by atoms with van der Waals surface area (Å²) >= 11 is 0. The zero-order valence-electron chi connectivity index (χ0n) is 12.2. The SMILES string of the molecule is CN1CCC(CN)(N(C)CCc2ccncc2)CC1. The summed E-state index contributed by atoms with van der Waals surface area (Å²) in [6, 6.07) is 4.19. The summed E-state index contributed by atoms with van der Waals surface area (Å²) in [6.07, 6.45) is 7.14. The number of nitrogens with zero attached hydrogens (tertiary/aromatic N) is 3. The molecule has 1 aliphatic heterocycles. The zero-order chi connectivity index (χ0) is 13.7. The molecule has 0 spiro atoms. The van der Waals surface area contributed by atoms with Crippen molar-refractivity contribution < 1.29 is 0 Å². The van der Waals surface area contributed by atoms with Crippen molar-refractivity contribution in [2.45, 2.75) is 24.8 Å². The van der Waals surface area contributed by atoms with Gasteiger partial charge in [-0.3, -0.25) is 9.88 Å². The number of likely N-dealkylation sites (N-methyl/N-ethyl adjacent to an activating group) is 1. The van der Waals surface area contributed by atoms with Gasteiger partial charge < -0.3 is 10.6 Å². The second-order valence-corrected chi connectivity index (χ2v) is 5.76. The van der Waals surface area contributed by atoms with Crippen molar-refractivity contribution in [2.24, 2.45) is 5.73 Å². The molecule has 0 bridgehead atoms. The molecule has 4 nitrogen and oxygen atoms in total. The fourth-order valence-corrected chi connectivity index (χ4v) is 2.86. The number of likely N-dealkylation sites (tertiary alicyclic amines) is 1. The van der Waals surface area contributed by atoms with E-state index in [0.29, 0.717) is 0 Å². The maximum absolute atomic E-state index is 6.08. The third-order valence-corrected chi connectivity index (χ3v) is 4.59. The molecule has 19 heavy (non-hydrogen) atoms. The van der Waals surface area contributed by atoms with E-state index in [1.54, 1.807) is 0 Å². The van der Waals surface area contributed by atoms with E-state index in [4.69, 9.17) is 5.73 Å². The fraction of sp³-hybridized carbons (Fsp3) is 0.667. The van der Waals surface area contributed by atoms with Gasteiger partial charge in [-0.2, -0.15) is 0 Å². The molecule has 0 saturated carbocycles.